The number of hydrogen-bond acceptors (Lipinski definition) is 0. The normalized spacial score (nSPS) is 25.6. The molecule has 2 rings (SSSR count). The van der Waals surface area contributed by atoms with Gasteiger partial charge in [-0.2, -0.15) is 0 Å². The molecule has 0 unspecified atom stereocenters. The molecular formula is C19H33HfP3Si2. The molecule has 0 aromatic heterocycles. The van der Waals surface area contributed by atoms with Crippen molar-refractivity contribution in [2.24, 2.45) is 5.41 Å². The zero-order valence-corrected chi connectivity index (χ0v) is 25.6. The van der Waals surface area contributed by atoms with Crippen LogP contribution < -0.4 is 0 Å². The first-order chi connectivity index (χ1) is 10.8. The second-order valence-electron chi connectivity index (χ2n) is 9.33. The van der Waals surface area contributed by atoms with Crippen LogP contribution in [-0.4, -0.2) is 21.2 Å². The van der Waals surface area contributed by atoms with Gasteiger partial charge in [0.15, 0.2) is 0 Å². The minimum atomic E-state index is -1.19. The van der Waals surface area contributed by atoms with Gasteiger partial charge in [0, 0.05) is 30.9 Å². The summed E-state index contributed by atoms with van der Waals surface area (Å²) in [6, 6.07) is 0. The first kappa shape index (κ1) is 26.0. The van der Waals surface area contributed by atoms with Gasteiger partial charge < -0.3 is 0 Å². The molecule has 0 bridgehead atoms. The average Bonchev–Trinajstić information content (AvgIpc) is 2.19. The van der Waals surface area contributed by atoms with Crippen molar-refractivity contribution in [1.29, 1.82) is 0 Å². The molecule has 0 fully saturated rings. The zero-order chi connectivity index (χ0) is 18.6. The molecule has 1 heterocycles. The van der Waals surface area contributed by atoms with Crippen LogP contribution in [0.5, 0.6) is 0 Å². The summed E-state index contributed by atoms with van der Waals surface area (Å²) < 4.78 is 0. The first-order valence-corrected chi connectivity index (χ1v) is 19.7. The van der Waals surface area contributed by atoms with Gasteiger partial charge in [0.05, 0.1) is 16.1 Å². The van der Waals surface area contributed by atoms with Gasteiger partial charge in [-0.05, 0) is 28.7 Å². The Balaban J connectivity index is 0.000000540. The van der Waals surface area contributed by atoms with Crippen LogP contribution in [-0.2, 0) is 25.8 Å². The van der Waals surface area contributed by atoms with Crippen LogP contribution in [0, 0.1) is 5.41 Å². The van der Waals surface area contributed by atoms with E-state index < -0.39 is 16.1 Å². The molecule has 0 aromatic carbocycles. The molecule has 0 aromatic rings. The molecule has 0 N–H and O–H groups in total. The Bertz CT molecular complexity index is 597. The minimum absolute atomic E-state index is 0. The van der Waals surface area contributed by atoms with Gasteiger partial charge >= 0.3 is 0 Å². The van der Waals surface area contributed by atoms with Crippen molar-refractivity contribution in [3.05, 3.63) is 46.8 Å². The summed E-state index contributed by atoms with van der Waals surface area (Å²) in [5.41, 5.74) is 0.481. The Morgan fingerprint density at radius 1 is 0.760 bits per heavy atom. The average molecular weight is 589 g/mol. The van der Waals surface area contributed by atoms with E-state index in [0.717, 1.165) is 0 Å². The molecule has 2 aliphatic rings. The minimum Gasteiger partial charge on any atom is -0.0656 e. The topological polar surface area (TPSA) is 0 Å². The second-order valence-corrected chi connectivity index (χ2v) is 24.7. The van der Waals surface area contributed by atoms with E-state index in [4.69, 9.17) is 0 Å². The van der Waals surface area contributed by atoms with Gasteiger partial charge in [-0.1, -0.05) is 107 Å². The van der Waals surface area contributed by atoms with E-state index in [0.29, 0.717) is 5.41 Å². The number of rotatable bonds is 2. The van der Waals surface area contributed by atoms with E-state index in [2.05, 4.69) is 96.5 Å². The first-order valence-electron chi connectivity index (χ1n) is 8.59. The third-order valence-electron chi connectivity index (χ3n) is 3.79. The van der Waals surface area contributed by atoms with Crippen molar-refractivity contribution in [2.75, 3.05) is 0 Å². The van der Waals surface area contributed by atoms with Gasteiger partial charge in [-0.3, -0.25) is 0 Å². The maximum Gasteiger partial charge on any atom is 0.0775 e. The molecule has 6 heteroatoms. The summed E-state index contributed by atoms with van der Waals surface area (Å²) in [6.07, 6.45) is 13.6. The van der Waals surface area contributed by atoms with Crippen molar-refractivity contribution in [1.82, 2.24) is 0 Å². The molecule has 136 valence electrons. The molecule has 0 saturated carbocycles. The van der Waals surface area contributed by atoms with Gasteiger partial charge in [-0.15, -0.1) is 0 Å². The van der Waals surface area contributed by atoms with Crippen LogP contribution in [0.1, 0.15) is 20.8 Å². The van der Waals surface area contributed by atoms with E-state index in [1.54, 1.807) is 28.4 Å². The van der Waals surface area contributed by atoms with Crippen molar-refractivity contribution < 1.29 is 25.8 Å². The van der Waals surface area contributed by atoms with Gasteiger partial charge in [-0.25, -0.2) is 0 Å². The molecule has 0 spiro atoms. The molecule has 25 heavy (non-hydrogen) atoms. The Morgan fingerprint density at radius 2 is 1.12 bits per heavy atom. The third-order valence-corrected chi connectivity index (χ3v) is 14.7. The van der Waals surface area contributed by atoms with Crippen molar-refractivity contribution in [2.45, 2.75) is 60.1 Å². The summed E-state index contributed by atoms with van der Waals surface area (Å²) in [7, 11) is 2.33. The van der Waals surface area contributed by atoms with Crippen molar-refractivity contribution >= 4 is 44.5 Å². The fraction of sp³-hybridized carbons (Fsp3) is 0.526. The number of hydrogen-bond donors (Lipinski definition) is 0. The van der Waals surface area contributed by atoms with Gasteiger partial charge in [0.2, 0.25) is 0 Å². The van der Waals surface area contributed by atoms with Crippen molar-refractivity contribution in [3.8, 4) is 0 Å². The van der Waals surface area contributed by atoms with E-state index in [9.17, 15) is 0 Å². The van der Waals surface area contributed by atoms with E-state index >= 15 is 0 Å². The van der Waals surface area contributed by atoms with Crippen LogP contribution in [0.2, 0.25) is 39.3 Å². The summed E-state index contributed by atoms with van der Waals surface area (Å²) in [5, 5.41) is 4.76. The Kier molecular flexibility index (Phi) is 11.0. The Morgan fingerprint density at radius 3 is 1.28 bits per heavy atom. The molecule has 0 amide bonds. The van der Waals surface area contributed by atoms with Crippen LogP contribution in [0.15, 0.2) is 46.8 Å². The van der Waals surface area contributed by atoms with Crippen LogP contribution in [0.25, 0.3) is 0 Å². The molecule has 0 nitrogen and oxygen atoms in total. The monoisotopic (exact) mass is 590 g/mol. The van der Waals surface area contributed by atoms with E-state index in [1.165, 1.54) is 10.4 Å². The summed E-state index contributed by atoms with van der Waals surface area (Å²) in [4.78, 5) is 0. The van der Waals surface area contributed by atoms with Gasteiger partial charge in [0.25, 0.3) is 0 Å². The second kappa shape index (κ2) is 10.5. The zero-order valence-electron chi connectivity index (χ0n) is 17.3. The SMILES string of the molecule is CC(C)(C)C1=PP=P1.C[Si](C)(C)C1=C/C=C([Si](C)(C)C)\C=C/C=C\1.[Hf]. The van der Waals surface area contributed by atoms with Crippen LogP contribution >= 0.6 is 23.3 Å². The fourth-order valence-corrected chi connectivity index (χ4v) is 9.08. The molecule has 0 radical (unpaired) electrons. The maximum atomic E-state index is 2.40. The van der Waals surface area contributed by atoms with Crippen LogP contribution in [0.4, 0.5) is 0 Å². The molecule has 0 saturated heterocycles. The molecule has 1 aliphatic carbocycles. The quantitative estimate of drug-likeness (QED) is 0.224. The van der Waals surface area contributed by atoms with E-state index in [1.807, 2.05) is 0 Å². The van der Waals surface area contributed by atoms with E-state index in [-0.39, 0.29) is 25.8 Å². The van der Waals surface area contributed by atoms with Crippen LogP contribution in [0.3, 0.4) is 0 Å². The van der Waals surface area contributed by atoms with Crippen molar-refractivity contribution in [3.63, 3.8) is 0 Å². The Hall–Kier alpha value is 1.03. The predicted molar refractivity (Wildman–Crippen MR) is 126 cm³/mol. The molecule has 1 aliphatic heterocycles. The Labute approximate surface area is 181 Å². The molecule has 0 atom stereocenters. The maximum absolute atomic E-state index is 2.40. The summed E-state index contributed by atoms with van der Waals surface area (Å²) in [6.45, 7) is 21.3. The fourth-order valence-electron chi connectivity index (χ4n) is 2.00. The smallest absolute Gasteiger partial charge is 0.0656 e. The van der Waals surface area contributed by atoms with Gasteiger partial charge in [0.1, 0.15) is 0 Å². The largest absolute Gasteiger partial charge is 0.0775 e. The number of allylic oxidation sites excluding steroid dienone is 8. The third kappa shape index (κ3) is 9.68. The summed E-state index contributed by atoms with van der Waals surface area (Å²) >= 11 is 0. The molecular weight excluding hydrogens is 556 g/mol. The standard InChI is InChI=1S/C14H24Si2.C5H9P3.Hf/c1-15(2,3)13-9-7-8-10-14(12-11-13)16(4,5)6;1-5(2,3)4-6-8-7-4;/h7-12H,1-6H3;1-3H3;/b8-7?,9-7-,10-8-,12-11?,13-9?,13-11+,14-10?,14-12+;;. The predicted octanol–water partition coefficient (Wildman–Crippen LogP) is 8.56. The summed E-state index contributed by atoms with van der Waals surface area (Å²) in [5.74, 6) is 0.